The van der Waals surface area contributed by atoms with Crippen molar-refractivity contribution in [2.75, 3.05) is 6.54 Å². The van der Waals surface area contributed by atoms with Crippen LogP contribution < -0.4 is 10.6 Å². The van der Waals surface area contributed by atoms with Crippen molar-refractivity contribution in [1.29, 1.82) is 0 Å². The molecule has 1 aromatic heterocycles. The highest BCUT2D eigenvalue weighted by Crippen LogP contribution is 2.04. The maximum atomic E-state index is 12.1. The molecule has 0 spiro atoms. The minimum absolute atomic E-state index is 0.0569. The number of hydrogen-bond donors (Lipinski definition) is 2. The number of aromatic nitrogens is 2. The van der Waals surface area contributed by atoms with Crippen molar-refractivity contribution in [1.82, 2.24) is 20.4 Å². The third-order valence-electron chi connectivity index (χ3n) is 3.45. The monoisotopic (exact) mass is 314 g/mol. The molecule has 0 unspecified atom stereocenters. The lowest BCUT2D eigenvalue weighted by molar-refractivity contribution is -0.120. The SMILES string of the molecule is CCn1nc(C)cc1C(=O)NCC(=O)NCc1ccc(C)cc1. The van der Waals surface area contributed by atoms with Gasteiger partial charge in [0.25, 0.3) is 5.91 Å². The van der Waals surface area contributed by atoms with Crippen LogP contribution in [0.2, 0.25) is 0 Å². The number of aryl methyl sites for hydroxylation is 3. The van der Waals surface area contributed by atoms with Crippen molar-refractivity contribution in [3.63, 3.8) is 0 Å². The van der Waals surface area contributed by atoms with Crippen LogP contribution in [0, 0.1) is 13.8 Å². The summed E-state index contributed by atoms with van der Waals surface area (Å²) < 4.78 is 1.62. The zero-order valence-corrected chi connectivity index (χ0v) is 13.7. The molecule has 122 valence electrons. The fourth-order valence-electron chi connectivity index (χ4n) is 2.19. The van der Waals surface area contributed by atoms with E-state index in [9.17, 15) is 9.59 Å². The summed E-state index contributed by atoms with van der Waals surface area (Å²) >= 11 is 0. The van der Waals surface area contributed by atoms with Crippen LogP contribution in [-0.4, -0.2) is 28.1 Å². The van der Waals surface area contributed by atoms with E-state index in [1.807, 2.05) is 45.0 Å². The normalized spacial score (nSPS) is 10.4. The number of rotatable bonds is 6. The molecule has 2 aromatic rings. The molecule has 0 atom stereocenters. The van der Waals surface area contributed by atoms with Crippen molar-refractivity contribution in [3.05, 3.63) is 52.8 Å². The van der Waals surface area contributed by atoms with Crippen molar-refractivity contribution in [2.24, 2.45) is 0 Å². The molecular formula is C17H22N4O2. The molecule has 2 N–H and O–H groups in total. The number of amides is 2. The predicted octanol–water partition coefficient (Wildman–Crippen LogP) is 1.57. The lowest BCUT2D eigenvalue weighted by atomic mass is 10.1. The molecule has 0 saturated carbocycles. The van der Waals surface area contributed by atoms with Gasteiger partial charge in [0, 0.05) is 13.1 Å². The molecule has 6 nitrogen and oxygen atoms in total. The van der Waals surface area contributed by atoms with Crippen LogP contribution >= 0.6 is 0 Å². The van der Waals surface area contributed by atoms with Crippen LogP contribution in [0.15, 0.2) is 30.3 Å². The molecule has 0 aliphatic heterocycles. The van der Waals surface area contributed by atoms with E-state index in [1.165, 1.54) is 5.56 Å². The second-order valence-corrected chi connectivity index (χ2v) is 5.43. The van der Waals surface area contributed by atoms with Gasteiger partial charge in [-0.2, -0.15) is 5.10 Å². The van der Waals surface area contributed by atoms with Crippen molar-refractivity contribution in [2.45, 2.75) is 33.9 Å². The van der Waals surface area contributed by atoms with Gasteiger partial charge in [-0.05, 0) is 32.4 Å². The molecule has 1 aromatic carbocycles. The molecule has 0 aliphatic carbocycles. The second-order valence-electron chi connectivity index (χ2n) is 5.43. The van der Waals surface area contributed by atoms with Gasteiger partial charge in [-0.3, -0.25) is 14.3 Å². The van der Waals surface area contributed by atoms with E-state index >= 15 is 0 Å². The van der Waals surface area contributed by atoms with Gasteiger partial charge in [0.15, 0.2) is 0 Å². The van der Waals surface area contributed by atoms with Gasteiger partial charge in [-0.25, -0.2) is 0 Å². The Morgan fingerprint density at radius 2 is 1.83 bits per heavy atom. The predicted molar refractivity (Wildman–Crippen MR) is 88.0 cm³/mol. The highest BCUT2D eigenvalue weighted by molar-refractivity contribution is 5.95. The maximum Gasteiger partial charge on any atom is 0.269 e. The first kappa shape index (κ1) is 16.7. The average Bonchev–Trinajstić information content (AvgIpc) is 2.93. The fourth-order valence-corrected chi connectivity index (χ4v) is 2.19. The Morgan fingerprint density at radius 1 is 1.13 bits per heavy atom. The van der Waals surface area contributed by atoms with Gasteiger partial charge in [0.1, 0.15) is 5.69 Å². The maximum absolute atomic E-state index is 12.1. The summed E-state index contributed by atoms with van der Waals surface area (Å²) in [4.78, 5) is 23.9. The molecular weight excluding hydrogens is 292 g/mol. The minimum atomic E-state index is -0.294. The fraction of sp³-hybridized carbons (Fsp3) is 0.353. The first-order valence-corrected chi connectivity index (χ1v) is 7.64. The third-order valence-corrected chi connectivity index (χ3v) is 3.45. The highest BCUT2D eigenvalue weighted by atomic mass is 16.2. The largest absolute Gasteiger partial charge is 0.350 e. The van der Waals surface area contributed by atoms with Crippen LogP contribution in [0.5, 0.6) is 0 Å². The Morgan fingerprint density at radius 3 is 2.48 bits per heavy atom. The molecule has 2 rings (SSSR count). The van der Waals surface area contributed by atoms with Crippen LogP contribution in [0.25, 0.3) is 0 Å². The molecule has 0 bridgehead atoms. The Kier molecular flexibility index (Phi) is 5.51. The standard InChI is InChI=1S/C17H22N4O2/c1-4-21-15(9-13(3)20-21)17(23)19-11-16(22)18-10-14-7-5-12(2)6-8-14/h5-9H,4,10-11H2,1-3H3,(H,18,22)(H,19,23). The zero-order chi connectivity index (χ0) is 16.8. The Bertz CT molecular complexity index is 689. The number of nitrogens with one attached hydrogen (secondary N) is 2. The summed E-state index contributed by atoms with van der Waals surface area (Å²) in [7, 11) is 0. The van der Waals surface area contributed by atoms with Gasteiger partial charge in [-0.1, -0.05) is 29.8 Å². The van der Waals surface area contributed by atoms with Crippen molar-refractivity contribution in [3.8, 4) is 0 Å². The van der Waals surface area contributed by atoms with Crippen LogP contribution in [0.3, 0.4) is 0 Å². The van der Waals surface area contributed by atoms with E-state index in [0.29, 0.717) is 18.8 Å². The van der Waals surface area contributed by atoms with Gasteiger partial charge < -0.3 is 10.6 Å². The molecule has 23 heavy (non-hydrogen) atoms. The first-order chi connectivity index (χ1) is 11.0. The molecule has 0 aliphatic rings. The van der Waals surface area contributed by atoms with Gasteiger partial charge in [-0.15, -0.1) is 0 Å². The van der Waals surface area contributed by atoms with E-state index in [0.717, 1.165) is 11.3 Å². The summed E-state index contributed by atoms with van der Waals surface area (Å²) in [5.74, 6) is -0.517. The van der Waals surface area contributed by atoms with E-state index in [2.05, 4.69) is 15.7 Å². The Balaban J connectivity index is 1.81. The third kappa shape index (κ3) is 4.67. The number of carbonyl (C=O) groups excluding carboxylic acids is 2. The summed E-state index contributed by atoms with van der Waals surface area (Å²) in [6.07, 6.45) is 0. The molecule has 0 saturated heterocycles. The summed E-state index contributed by atoms with van der Waals surface area (Å²) in [5, 5.41) is 9.62. The Hall–Kier alpha value is -2.63. The van der Waals surface area contributed by atoms with Crippen LogP contribution in [0.4, 0.5) is 0 Å². The van der Waals surface area contributed by atoms with Crippen molar-refractivity contribution >= 4 is 11.8 Å². The molecule has 0 radical (unpaired) electrons. The minimum Gasteiger partial charge on any atom is -0.350 e. The lowest BCUT2D eigenvalue weighted by Gasteiger charge is -2.08. The highest BCUT2D eigenvalue weighted by Gasteiger charge is 2.13. The second kappa shape index (κ2) is 7.58. The molecule has 1 heterocycles. The van der Waals surface area contributed by atoms with Gasteiger partial charge in [0.05, 0.1) is 12.2 Å². The molecule has 6 heteroatoms. The zero-order valence-electron chi connectivity index (χ0n) is 13.7. The quantitative estimate of drug-likeness (QED) is 0.849. The topological polar surface area (TPSA) is 76.0 Å². The average molecular weight is 314 g/mol. The summed E-state index contributed by atoms with van der Waals surface area (Å²) in [6.45, 7) is 6.76. The molecule has 0 fully saturated rings. The van der Waals surface area contributed by atoms with Crippen LogP contribution in [-0.2, 0) is 17.9 Å². The van der Waals surface area contributed by atoms with Gasteiger partial charge >= 0.3 is 0 Å². The lowest BCUT2D eigenvalue weighted by Crippen LogP contribution is -2.37. The number of hydrogen-bond acceptors (Lipinski definition) is 3. The smallest absolute Gasteiger partial charge is 0.269 e. The summed E-state index contributed by atoms with van der Waals surface area (Å²) in [6, 6.07) is 9.64. The van der Waals surface area contributed by atoms with E-state index in [-0.39, 0.29) is 18.4 Å². The number of nitrogens with zero attached hydrogens (tertiary/aromatic N) is 2. The summed E-state index contributed by atoms with van der Waals surface area (Å²) in [5.41, 5.74) is 3.45. The van der Waals surface area contributed by atoms with E-state index in [4.69, 9.17) is 0 Å². The molecule has 2 amide bonds. The Labute approximate surface area is 135 Å². The number of benzene rings is 1. The first-order valence-electron chi connectivity index (χ1n) is 7.64. The number of carbonyl (C=O) groups is 2. The van der Waals surface area contributed by atoms with Crippen molar-refractivity contribution < 1.29 is 9.59 Å². The van der Waals surface area contributed by atoms with Gasteiger partial charge in [0.2, 0.25) is 5.91 Å². The van der Waals surface area contributed by atoms with Crippen LogP contribution in [0.1, 0.15) is 34.2 Å². The van der Waals surface area contributed by atoms with E-state index in [1.54, 1.807) is 10.7 Å². The van der Waals surface area contributed by atoms with E-state index < -0.39 is 0 Å².